The Labute approximate surface area is 205 Å². The van der Waals surface area contributed by atoms with Crippen LogP contribution in [0.15, 0.2) is 24.0 Å². The predicted molar refractivity (Wildman–Crippen MR) is 132 cm³/mol. The van der Waals surface area contributed by atoms with Gasteiger partial charge in [0.2, 0.25) is 5.91 Å². The summed E-state index contributed by atoms with van der Waals surface area (Å²) in [7, 11) is 0. The Kier molecular flexibility index (Phi) is 5.86. The number of nitrogens with zero attached hydrogens (tertiary/aromatic N) is 6. The molecule has 0 N–H and O–H groups in total. The molecule has 9 heteroatoms. The standard InChI is InChI=1S/C25H34N6O2S/c1-24(2)20(25(24,3)4)23(33)30-9-5-17(6-10-30)21-28-18(16-34-21)22(32)31-13-11-29(12-14-31)19-15-26-7-8-27-19/h7-8,15-17,20H,5-6,9-14H2,1-4H3. The second kappa shape index (κ2) is 8.59. The molecule has 34 heavy (non-hydrogen) atoms. The maximum Gasteiger partial charge on any atom is 0.273 e. The van der Waals surface area contributed by atoms with Crippen LogP contribution in [-0.2, 0) is 4.79 Å². The van der Waals surface area contributed by atoms with Crippen molar-refractivity contribution < 1.29 is 9.59 Å². The summed E-state index contributed by atoms with van der Waals surface area (Å²) in [5.41, 5.74) is 0.699. The number of carbonyl (C=O) groups excluding carboxylic acids is 2. The Morgan fingerprint density at radius 2 is 1.62 bits per heavy atom. The number of amides is 2. The molecule has 5 rings (SSSR count). The molecule has 2 aromatic heterocycles. The van der Waals surface area contributed by atoms with Gasteiger partial charge >= 0.3 is 0 Å². The van der Waals surface area contributed by atoms with Crippen molar-refractivity contribution in [1.29, 1.82) is 0 Å². The summed E-state index contributed by atoms with van der Waals surface area (Å²) in [5, 5.41) is 2.93. The van der Waals surface area contributed by atoms with E-state index in [1.165, 1.54) is 0 Å². The number of piperidine rings is 1. The molecule has 182 valence electrons. The van der Waals surface area contributed by atoms with Gasteiger partial charge in [-0.05, 0) is 23.7 Å². The average Bonchev–Trinajstić information content (AvgIpc) is 3.17. The third-order valence-electron chi connectivity index (χ3n) is 8.61. The van der Waals surface area contributed by atoms with Gasteiger partial charge in [-0.25, -0.2) is 9.97 Å². The minimum Gasteiger partial charge on any atom is -0.352 e. The SMILES string of the molecule is CC1(C)C(C(=O)N2CCC(c3nc(C(=O)N4CCN(c5cnccn5)CC4)cs3)CC2)C1(C)C. The lowest BCUT2D eigenvalue weighted by atomic mass is 9.96. The zero-order valence-electron chi connectivity index (χ0n) is 20.5. The van der Waals surface area contributed by atoms with E-state index in [1.54, 1.807) is 29.9 Å². The summed E-state index contributed by atoms with van der Waals surface area (Å²) in [6.45, 7) is 13.1. The van der Waals surface area contributed by atoms with Gasteiger partial charge in [-0.3, -0.25) is 14.6 Å². The lowest BCUT2D eigenvalue weighted by molar-refractivity contribution is -0.134. The third kappa shape index (κ3) is 3.97. The minimum atomic E-state index is 0.00658. The van der Waals surface area contributed by atoms with Crippen LogP contribution in [0, 0.1) is 16.7 Å². The molecule has 0 spiro atoms. The topological polar surface area (TPSA) is 82.5 Å². The first-order valence-corrected chi connectivity index (χ1v) is 13.1. The van der Waals surface area contributed by atoms with Gasteiger partial charge in [-0.2, -0.15) is 0 Å². The summed E-state index contributed by atoms with van der Waals surface area (Å²) < 4.78 is 0. The molecule has 3 aliphatic rings. The minimum absolute atomic E-state index is 0.00658. The first-order valence-electron chi connectivity index (χ1n) is 12.2. The summed E-state index contributed by atoms with van der Waals surface area (Å²) >= 11 is 1.58. The first kappa shape index (κ1) is 23.2. The molecule has 8 nitrogen and oxygen atoms in total. The van der Waals surface area contributed by atoms with Crippen molar-refractivity contribution in [3.8, 4) is 0 Å². The summed E-state index contributed by atoms with van der Waals surface area (Å²) in [6, 6.07) is 0. The molecule has 0 unspecified atom stereocenters. The van der Waals surface area contributed by atoms with Crippen LogP contribution in [0.5, 0.6) is 0 Å². The molecule has 3 fully saturated rings. The summed E-state index contributed by atoms with van der Waals surface area (Å²) in [5.74, 6) is 1.61. The number of hydrogen-bond donors (Lipinski definition) is 0. The fourth-order valence-electron chi connectivity index (χ4n) is 5.67. The maximum absolute atomic E-state index is 13.1. The average molecular weight is 483 g/mol. The van der Waals surface area contributed by atoms with Gasteiger partial charge in [-0.1, -0.05) is 27.7 Å². The van der Waals surface area contributed by atoms with Gasteiger partial charge < -0.3 is 14.7 Å². The highest BCUT2D eigenvalue weighted by Crippen LogP contribution is 2.68. The van der Waals surface area contributed by atoms with Gasteiger partial charge in [0.1, 0.15) is 11.5 Å². The quantitative estimate of drug-likeness (QED) is 0.665. The Morgan fingerprint density at radius 1 is 0.941 bits per heavy atom. The number of rotatable bonds is 4. The van der Waals surface area contributed by atoms with E-state index in [2.05, 4.69) is 42.6 Å². The van der Waals surface area contributed by atoms with Crippen molar-refractivity contribution in [2.45, 2.75) is 46.5 Å². The van der Waals surface area contributed by atoms with Crippen LogP contribution in [0.25, 0.3) is 0 Å². The van der Waals surface area contributed by atoms with Crippen LogP contribution < -0.4 is 4.90 Å². The third-order valence-corrected chi connectivity index (χ3v) is 9.61. The number of aromatic nitrogens is 3. The lowest BCUT2D eigenvalue weighted by Gasteiger charge is -2.34. The number of carbonyl (C=O) groups is 2. The zero-order valence-corrected chi connectivity index (χ0v) is 21.3. The predicted octanol–water partition coefficient (Wildman–Crippen LogP) is 3.28. The summed E-state index contributed by atoms with van der Waals surface area (Å²) in [6.07, 6.45) is 6.95. The number of likely N-dealkylation sites (tertiary alicyclic amines) is 1. The van der Waals surface area contributed by atoms with E-state index in [0.29, 0.717) is 30.6 Å². The van der Waals surface area contributed by atoms with Crippen LogP contribution in [0.2, 0.25) is 0 Å². The number of piperazine rings is 1. The first-order chi connectivity index (χ1) is 16.2. The van der Waals surface area contributed by atoms with Gasteiger partial charge in [0.05, 0.1) is 11.2 Å². The molecule has 0 atom stereocenters. The van der Waals surface area contributed by atoms with Crippen molar-refractivity contribution >= 4 is 29.0 Å². The van der Waals surface area contributed by atoms with Gasteiger partial charge in [0.15, 0.2) is 0 Å². The second-order valence-corrected chi connectivity index (χ2v) is 11.8. The van der Waals surface area contributed by atoms with E-state index in [0.717, 1.165) is 49.8 Å². The normalized spacial score (nSPS) is 22.6. The van der Waals surface area contributed by atoms with Crippen LogP contribution >= 0.6 is 11.3 Å². The van der Waals surface area contributed by atoms with Crippen LogP contribution in [0.1, 0.15) is 62.0 Å². The highest BCUT2D eigenvalue weighted by atomic mass is 32.1. The fourth-order valence-corrected chi connectivity index (χ4v) is 6.64. The Hall–Kier alpha value is -2.55. The molecule has 2 saturated heterocycles. The molecule has 2 amide bonds. The molecule has 1 aliphatic carbocycles. The van der Waals surface area contributed by atoms with E-state index >= 15 is 0 Å². The number of anilines is 1. The van der Waals surface area contributed by atoms with E-state index in [-0.39, 0.29) is 22.7 Å². The monoisotopic (exact) mass is 482 g/mol. The Morgan fingerprint density at radius 3 is 2.21 bits per heavy atom. The molecule has 2 aromatic rings. The molecule has 1 saturated carbocycles. The van der Waals surface area contributed by atoms with Crippen molar-refractivity contribution in [3.63, 3.8) is 0 Å². The number of thiazole rings is 1. The molecule has 0 bridgehead atoms. The second-order valence-electron chi connectivity index (χ2n) is 10.9. The lowest BCUT2D eigenvalue weighted by Crippen LogP contribution is -2.49. The molecule has 2 aliphatic heterocycles. The highest BCUT2D eigenvalue weighted by molar-refractivity contribution is 7.09. The van der Waals surface area contributed by atoms with Gasteiger partial charge in [0.25, 0.3) is 5.91 Å². The van der Waals surface area contributed by atoms with Crippen LogP contribution in [0.4, 0.5) is 5.82 Å². The van der Waals surface area contributed by atoms with Gasteiger partial charge in [-0.15, -0.1) is 11.3 Å². The molecule has 0 radical (unpaired) electrons. The highest BCUT2D eigenvalue weighted by Gasteiger charge is 2.68. The summed E-state index contributed by atoms with van der Waals surface area (Å²) in [4.78, 5) is 45.4. The van der Waals surface area contributed by atoms with Crippen molar-refractivity contribution in [2.24, 2.45) is 16.7 Å². The van der Waals surface area contributed by atoms with E-state index in [1.807, 2.05) is 15.2 Å². The van der Waals surface area contributed by atoms with Crippen molar-refractivity contribution in [2.75, 3.05) is 44.2 Å². The van der Waals surface area contributed by atoms with Crippen molar-refractivity contribution in [1.82, 2.24) is 24.8 Å². The molecule has 0 aromatic carbocycles. The van der Waals surface area contributed by atoms with Crippen molar-refractivity contribution in [3.05, 3.63) is 34.7 Å². The van der Waals surface area contributed by atoms with E-state index in [4.69, 9.17) is 4.98 Å². The van der Waals surface area contributed by atoms with Crippen LogP contribution in [0.3, 0.4) is 0 Å². The van der Waals surface area contributed by atoms with Crippen LogP contribution in [-0.4, -0.2) is 75.8 Å². The van der Waals surface area contributed by atoms with Gasteiger partial charge in [0, 0.05) is 68.9 Å². The number of hydrogen-bond acceptors (Lipinski definition) is 7. The molecule has 4 heterocycles. The maximum atomic E-state index is 13.1. The van der Waals surface area contributed by atoms with E-state index < -0.39 is 0 Å². The molecular formula is C25H34N6O2S. The Balaban J connectivity index is 1.14. The smallest absolute Gasteiger partial charge is 0.273 e. The molecular weight excluding hydrogens is 448 g/mol. The Bertz CT molecular complexity index is 1040. The zero-order chi connectivity index (χ0) is 24.1. The largest absolute Gasteiger partial charge is 0.352 e. The fraction of sp³-hybridized carbons (Fsp3) is 0.640. The van der Waals surface area contributed by atoms with E-state index in [9.17, 15) is 9.59 Å².